The van der Waals surface area contributed by atoms with E-state index >= 15 is 0 Å². The smallest absolute Gasteiger partial charge is 0.333 e. The Kier molecular flexibility index (Phi) is 8.15. The summed E-state index contributed by atoms with van der Waals surface area (Å²) in [5.74, 6) is -2.91. The summed E-state index contributed by atoms with van der Waals surface area (Å²) in [7, 11) is 0. The van der Waals surface area contributed by atoms with Gasteiger partial charge in [-0.3, -0.25) is 14.4 Å². The van der Waals surface area contributed by atoms with Crippen LogP contribution in [0.5, 0.6) is 0 Å². The summed E-state index contributed by atoms with van der Waals surface area (Å²) >= 11 is 0. The minimum absolute atomic E-state index is 0.143. The zero-order chi connectivity index (χ0) is 23.3. The number of esters is 1. The van der Waals surface area contributed by atoms with Crippen LogP contribution in [0.4, 0.5) is 0 Å². The Morgan fingerprint density at radius 3 is 2.65 bits per heavy atom. The van der Waals surface area contributed by atoms with Crippen molar-refractivity contribution in [2.45, 2.75) is 72.3 Å². The number of carboxylic acids is 1. The van der Waals surface area contributed by atoms with Crippen molar-refractivity contribution >= 4 is 24.0 Å². The number of hydrogen-bond acceptors (Lipinski definition) is 5. The van der Waals surface area contributed by atoms with Gasteiger partial charge in [0.15, 0.2) is 5.78 Å². The normalized spacial score (nSPS) is 29.4. The van der Waals surface area contributed by atoms with Crippen LogP contribution in [-0.2, 0) is 23.9 Å². The quantitative estimate of drug-likeness (QED) is 0.330. The molecule has 2 aliphatic rings. The highest BCUT2D eigenvalue weighted by atomic mass is 16.5. The Morgan fingerprint density at radius 1 is 1.39 bits per heavy atom. The zero-order valence-corrected chi connectivity index (χ0v) is 19.0. The average Bonchev–Trinajstić information content (AvgIpc) is 2.71. The highest BCUT2D eigenvalue weighted by Crippen LogP contribution is 2.53. The van der Waals surface area contributed by atoms with Gasteiger partial charge in [0.2, 0.25) is 0 Å². The molecule has 2 aliphatic carbocycles. The van der Waals surface area contributed by atoms with E-state index in [9.17, 15) is 24.3 Å². The molecule has 6 heteroatoms. The number of hydrogen-bond donors (Lipinski definition) is 1. The second-order valence-corrected chi connectivity index (χ2v) is 9.20. The van der Waals surface area contributed by atoms with Gasteiger partial charge < -0.3 is 9.84 Å². The number of carbonyl (C=O) groups is 4. The fourth-order valence-electron chi connectivity index (χ4n) is 4.90. The van der Waals surface area contributed by atoms with Crippen molar-refractivity contribution in [1.82, 2.24) is 0 Å². The molecule has 6 nitrogen and oxygen atoms in total. The predicted octanol–water partition coefficient (Wildman–Crippen LogP) is 4.44. The molecule has 31 heavy (non-hydrogen) atoms. The van der Waals surface area contributed by atoms with Gasteiger partial charge in [0, 0.05) is 11.0 Å². The van der Waals surface area contributed by atoms with Crippen LogP contribution in [-0.4, -0.2) is 35.2 Å². The lowest BCUT2D eigenvalue weighted by molar-refractivity contribution is -0.152. The number of rotatable bonds is 9. The van der Waals surface area contributed by atoms with Crippen LogP contribution < -0.4 is 0 Å². The van der Waals surface area contributed by atoms with Crippen LogP contribution >= 0.6 is 0 Å². The number of fused-ring (bicyclic) bond motifs is 1. The first-order valence-electron chi connectivity index (χ1n) is 11.1. The largest absolute Gasteiger partial charge is 0.481 e. The summed E-state index contributed by atoms with van der Waals surface area (Å²) in [6.07, 6.45) is 7.19. The van der Waals surface area contributed by atoms with Gasteiger partial charge in [0.1, 0.15) is 12.4 Å². The summed E-state index contributed by atoms with van der Waals surface area (Å²) in [6.45, 7) is 11.3. The van der Waals surface area contributed by atoms with Crippen molar-refractivity contribution in [2.24, 2.45) is 23.2 Å². The molecule has 0 unspecified atom stereocenters. The third-order valence-corrected chi connectivity index (χ3v) is 6.78. The molecule has 0 aromatic carbocycles. The van der Waals surface area contributed by atoms with Gasteiger partial charge in [-0.2, -0.15) is 0 Å². The van der Waals surface area contributed by atoms with Crippen LogP contribution in [0.25, 0.3) is 0 Å². The second kappa shape index (κ2) is 10.2. The van der Waals surface area contributed by atoms with Gasteiger partial charge in [-0.15, -0.1) is 0 Å². The summed E-state index contributed by atoms with van der Waals surface area (Å²) < 4.78 is 5.78. The van der Waals surface area contributed by atoms with E-state index in [0.717, 1.165) is 19.3 Å². The average molecular weight is 431 g/mol. The van der Waals surface area contributed by atoms with Crippen molar-refractivity contribution in [2.75, 3.05) is 0 Å². The molecule has 0 aromatic rings. The number of carboxylic acid groups (broad SMARTS) is 1. The van der Waals surface area contributed by atoms with Gasteiger partial charge in [-0.05, 0) is 55.7 Å². The van der Waals surface area contributed by atoms with E-state index in [1.54, 1.807) is 13.8 Å². The Bertz CT molecular complexity index is 820. The SMILES string of the molecule is C=C(C=O)[C@@H]1C[C@@]2(C)C(=CC1=O)[C@H](OC(=O)/C(C)=C/[C@@H](C)CCCC)CC[C@@H]2C(=O)O. The van der Waals surface area contributed by atoms with Gasteiger partial charge >= 0.3 is 11.9 Å². The standard InChI is InChI=1S/C25H34O6/c1-6-7-8-15(2)11-16(3)24(30)31-22-10-9-19(23(28)29)25(5)13-18(17(4)14-26)21(27)12-20(22)25/h11-12,14-15,18-19,22H,4,6-10,13H2,1-3,5H3,(H,28,29)/b16-11+/t15-,18-,19+,22+,25+/m0/s1. The van der Waals surface area contributed by atoms with Crippen LogP contribution in [0.15, 0.2) is 35.5 Å². The molecule has 170 valence electrons. The lowest BCUT2D eigenvalue weighted by Gasteiger charge is -2.48. The van der Waals surface area contributed by atoms with Crippen LogP contribution in [0.2, 0.25) is 0 Å². The molecule has 1 saturated carbocycles. The van der Waals surface area contributed by atoms with Crippen molar-refractivity contribution < 1.29 is 29.0 Å². The molecule has 0 heterocycles. The van der Waals surface area contributed by atoms with Gasteiger partial charge in [-0.25, -0.2) is 4.79 Å². The highest BCUT2D eigenvalue weighted by molar-refractivity contribution is 6.00. The topological polar surface area (TPSA) is 97.7 Å². The van der Waals surface area contributed by atoms with Crippen molar-refractivity contribution in [3.8, 4) is 0 Å². The zero-order valence-electron chi connectivity index (χ0n) is 19.0. The molecule has 0 bridgehead atoms. The Hall–Kier alpha value is -2.50. The first kappa shape index (κ1) is 24.8. The number of ether oxygens (including phenoxy) is 1. The number of aliphatic carboxylic acids is 1. The third-order valence-electron chi connectivity index (χ3n) is 6.78. The molecule has 0 amide bonds. The van der Waals surface area contributed by atoms with E-state index in [1.165, 1.54) is 6.08 Å². The fraction of sp³-hybridized carbons (Fsp3) is 0.600. The summed E-state index contributed by atoms with van der Waals surface area (Å²) in [6, 6.07) is 0. The first-order chi connectivity index (χ1) is 14.5. The molecule has 1 fully saturated rings. The summed E-state index contributed by atoms with van der Waals surface area (Å²) in [5, 5.41) is 9.80. The monoisotopic (exact) mass is 430 g/mol. The fourth-order valence-corrected chi connectivity index (χ4v) is 4.90. The minimum atomic E-state index is -0.955. The molecular formula is C25H34O6. The van der Waals surface area contributed by atoms with Crippen molar-refractivity contribution in [1.29, 1.82) is 0 Å². The molecule has 2 rings (SSSR count). The van der Waals surface area contributed by atoms with Crippen LogP contribution in [0, 0.1) is 23.2 Å². The van der Waals surface area contributed by atoms with Crippen molar-refractivity contribution in [3.05, 3.63) is 35.5 Å². The summed E-state index contributed by atoms with van der Waals surface area (Å²) in [5.41, 5.74) is 0.294. The lowest BCUT2D eigenvalue weighted by Crippen LogP contribution is -2.49. The van der Waals surface area contributed by atoms with Crippen molar-refractivity contribution in [3.63, 3.8) is 0 Å². The van der Waals surface area contributed by atoms with Crippen LogP contribution in [0.1, 0.15) is 66.2 Å². The number of allylic oxidation sites excluding steroid dienone is 3. The van der Waals surface area contributed by atoms with E-state index in [2.05, 4.69) is 20.4 Å². The Balaban J connectivity index is 2.30. The number of carbonyl (C=O) groups excluding carboxylic acids is 3. The molecular weight excluding hydrogens is 396 g/mol. The number of aldehydes is 1. The molecule has 0 aromatic heterocycles. The van der Waals surface area contributed by atoms with Crippen LogP contribution in [0.3, 0.4) is 0 Å². The Morgan fingerprint density at radius 2 is 2.06 bits per heavy atom. The maximum Gasteiger partial charge on any atom is 0.333 e. The molecule has 0 saturated heterocycles. The molecule has 0 radical (unpaired) electrons. The van der Waals surface area contributed by atoms with E-state index in [4.69, 9.17) is 4.74 Å². The van der Waals surface area contributed by atoms with Gasteiger partial charge in [0.25, 0.3) is 0 Å². The van der Waals surface area contributed by atoms with Gasteiger partial charge in [-0.1, -0.05) is 46.3 Å². The molecule has 0 spiro atoms. The molecule has 5 atom stereocenters. The predicted molar refractivity (Wildman–Crippen MR) is 117 cm³/mol. The maximum absolute atomic E-state index is 12.7. The van der Waals surface area contributed by atoms with E-state index in [0.29, 0.717) is 30.3 Å². The Labute approximate surface area is 184 Å². The summed E-state index contributed by atoms with van der Waals surface area (Å²) in [4.78, 5) is 48.6. The minimum Gasteiger partial charge on any atom is -0.481 e. The molecule has 1 N–H and O–H groups in total. The lowest BCUT2D eigenvalue weighted by atomic mass is 9.56. The first-order valence-corrected chi connectivity index (χ1v) is 11.1. The number of ketones is 1. The van der Waals surface area contributed by atoms with Gasteiger partial charge in [0.05, 0.1) is 11.8 Å². The maximum atomic E-state index is 12.7. The van der Waals surface area contributed by atoms with E-state index in [1.807, 2.05) is 6.08 Å². The van der Waals surface area contributed by atoms with E-state index < -0.39 is 35.3 Å². The second-order valence-electron chi connectivity index (χ2n) is 9.20. The van der Waals surface area contributed by atoms with E-state index in [-0.39, 0.29) is 23.7 Å². The highest BCUT2D eigenvalue weighted by Gasteiger charge is 2.53. The molecule has 0 aliphatic heterocycles. The number of unbranched alkanes of at least 4 members (excludes halogenated alkanes) is 1. The third kappa shape index (κ3) is 5.41.